The Kier molecular flexibility index (Phi) is 28.5. The number of amides is 2. The van der Waals surface area contributed by atoms with Gasteiger partial charge in [0.15, 0.2) is 0 Å². The Morgan fingerprint density at radius 2 is 0.762 bits per heavy atom. The third-order valence-electron chi connectivity index (χ3n) is 13.1. The van der Waals surface area contributed by atoms with Gasteiger partial charge in [0, 0.05) is 50.3 Å². The average Bonchev–Trinajstić information content (AvgIpc) is 3.50. The van der Waals surface area contributed by atoms with E-state index in [-0.39, 0.29) is 18.4 Å². The molecule has 14 nitrogen and oxygen atoms in total. The number of unbranched alkanes of at least 4 members (excludes halogenated alkanes) is 10. The van der Waals surface area contributed by atoms with Crippen molar-refractivity contribution < 1.29 is 57.5 Å². The molecule has 426 valence electrons. The molecular formula is C66H80N2O12. The molecule has 0 unspecified atom stereocenters. The van der Waals surface area contributed by atoms with Crippen LogP contribution < -0.4 is 28.4 Å². The van der Waals surface area contributed by atoms with Crippen LogP contribution in [0.15, 0.2) is 146 Å². The van der Waals surface area contributed by atoms with Gasteiger partial charge in [-0.15, -0.1) is 0 Å². The summed E-state index contributed by atoms with van der Waals surface area (Å²) in [4.78, 5) is 65.9. The molecule has 80 heavy (non-hydrogen) atoms. The quantitative estimate of drug-likeness (QED) is 0.0176. The smallest absolute Gasteiger partial charge is 0.343 e. The lowest BCUT2D eigenvalue weighted by Crippen LogP contribution is -2.31. The second kappa shape index (κ2) is 36.2. The maximum absolute atomic E-state index is 13.2. The number of methoxy groups -OCH3 is 2. The number of esters is 2. The zero-order valence-corrected chi connectivity index (χ0v) is 47.1. The van der Waals surface area contributed by atoms with Crippen LogP contribution in [0.1, 0.15) is 156 Å². The molecular weight excluding hydrogens is 1010 g/mol. The molecule has 0 aliphatic carbocycles. The van der Waals surface area contributed by atoms with Crippen molar-refractivity contribution in [2.24, 2.45) is 0 Å². The van der Waals surface area contributed by atoms with E-state index in [9.17, 15) is 29.1 Å². The molecule has 2 amide bonds. The van der Waals surface area contributed by atoms with Crippen molar-refractivity contribution in [3.63, 3.8) is 0 Å². The Labute approximate surface area is 472 Å². The average molecular weight is 1090 g/mol. The highest BCUT2D eigenvalue weighted by atomic mass is 16.5. The number of rotatable bonds is 34. The van der Waals surface area contributed by atoms with Crippen LogP contribution in [0.3, 0.4) is 0 Å². The largest absolute Gasteiger partial charge is 0.497 e. The van der Waals surface area contributed by atoms with Gasteiger partial charge in [0.05, 0.1) is 38.6 Å². The van der Waals surface area contributed by atoms with Gasteiger partial charge < -0.3 is 48.1 Å². The zero-order valence-electron chi connectivity index (χ0n) is 47.1. The van der Waals surface area contributed by atoms with E-state index in [0.717, 1.165) is 54.6 Å². The van der Waals surface area contributed by atoms with Gasteiger partial charge in [-0.1, -0.05) is 89.5 Å². The molecule has 0 saturated carbocycles. The number of aldehydes is 1. The molecule has 0 spiro atoms. The highest BCUT2D eigenvalue weighted by molar-refractivity contribution is 5.95. The molecule has 0 saturated heterocycles. The molecule has 0 heterocycles. The van der Waals surface area contributed by atoms with E-state index < -0.39 is 11.9 Å². The summed E-state index contributed by atoms with van der Waals surface area (Å²) in [5.41, 5.74) is 3.77. The van der Waals surface area contributed by atoms with Gasteiger partial charge in [-0.2, -0.15) is 0 Å². The molecule has 0 atom stereocenters. The standard InChI is InChI=1S/C33H41NO6.C33H39NO6/c2*1-3-4-5-6-9-24-39-30-20-14-28(15-21-30)33(37)40-31-16-10-26(11-17-31)25-34(22-7-8-23-35)32(36)27-12-18-29(38-2)19-13-27/h10-21,35H,3-9,22-25H2,1-2H3;10-21,23H,3-9,22,24-25H2,1-2H3. The Morgan fingerprint density at radius 3 is 1.12 bits per heavy atom. The monoisotopic (exact) mass is 1090 g/mol. The van der Waals surface area contributed by atoms with Gasteiger partial charge >= 0.3 is 11.9 Å². The van der Waals surface area contributed by atoms with E-state index in [1.165, 1.54) is 38.5 Å². The molecule has 0 aromatic heterocycles. The second-order valence-electron chi connectivity index (χ2n) is 19.3. The van der Waals surface area contributed by atoms with Crippen molar-refractivity contribution in [2.45, 2.75) is 117 Å². The lowest BCUT2D eigenvalue weighted by molar-refractivity contribution is -0.108. The maximum atomic E-state index is 13.2. The van der Waals surface area contributed by atoms with Gasteiger partial charge in [0.25, 0.3) is 11.8 Å². The van der Waals surface area contributed by atoms with Gasteiger partial charge in [-0.25, -0.2) is 9.59 Å². The molecule has 6 rings (SSSR count). The number of aliphatic hydroxyl groups is 1. The first-order valence-corrected chi connectivity index (χ1v) is 28.1. The first kappa shape index (κ1) is 62.9. The van der Waals surface area contributed by atoms with Crippen LogP contribution in [0.25, 0.3) is 0 Å². The molecule has 0 bridgehead atoms. The summed E-state index contributed by atoms with van der Waals surface area (Å²) < 4.78 is 33.0. The molecule has 1 N–H and O–H groups in total. The summed E-state index contributed by atoms with van der Waals surface area (Å²) in [5.74, 6) is 2.54. The SMILES string of the molecule is CCCCCCCOc1ccc(C(=O)Oc2ccc(CN(CCCC=O)C(=O)c3ccc(OC)cc3)cc2)cc1.CCCCCCCOc1ccc(C(=O)Oc2ccc(CN(CCCCO)C(=O)c3ccc(OC)cc3)cc2)cc1. The number of benzene rings is 6. The van der Waals surface area contributed by atoms with Gasteiger partial charge in [0.1, 0.15) is 40.8 Å². The number of ether oxygens (including phenoxy) is 6. The highest BCUT2D eigenvalue weighted by Crippen LogP contribution is 2.23. The van der Waals surface area contributed by atoms with E-state index in [1.54, 1.807) is 145 Å². The lowest BCUT2D eigenvalue weighted by Gasteiger charge is -2.23. The fourth-order valence-corrected chi connectivity index (χ4v) is 8.38. The van der Waals surface area contributed by atoms with E-state index in [4.69, 9.17) is 28.4 Å². The fourth-order valence-electron chi connectivity index (χ4n) is 8.38. The van der Waals surface area contributed by atoms with Gasteiger partial charge in [-0.05, 0) is 165 Å². The molecule has 14 heteroatoms. The number of carbonyl (C=O) groups excluding carboxylic acids is 5. The number of hydrogen-bond donors (Lipinski definition) is 1. The topological polar surface area (TPSA) is 167 Å². The highest BCUT2D eigenvalue weighted by Gasteiger charge is 2.19. The molecule has 0 aliphatic rings. The number of aliphatic hydroxyl groups excluding tert-OH is 1. The zero-order chi connectivity index (χ0) is 57.2. The van der Waals surface area contributed by atoms with Gasteiger partial charge in [-0.3, -0.25) is 9.59 Å². The fraction of sp³-hybridized carbons (Fsp3) is 0.379. The minimum absolute atomic E-state index is 0.0828. The Hall–Kier alpha value is -7.97. The molecule has 0 aliphatic heterocycles. The molecule has 6 aromatic carbocycles. The minimum atomic E-state index is -0.455. The van der Waals surface area contributed by atoms with Crippen LogP contribution in [0.2, 0.25) is 0 Å². The molecule has 0 fully saturated rings. The van der Waals surface area contributed by atoms with Crippen LogP contribution in [0, 0.1) is 0 Å². The Morgan fingerprint density at radius 1 is 0.412 bits per heavy atom. The number of nitrogens with zero attached hydrogens (tertiary/aromatic N) is 2. The first-order valence-electron chi connectivity index (χ1n) is 28.1. The summed E-state index contributed by atoms with van der Waals surface area (Å²) in [6.45, 7) is 7.53. The Bertz CT molecular complexity index is 2730. The first-order chi connectivity index (χ1) is 39.1. The summed E-state index contributed by atoms with van der Waals surface area (Å²) >= 11 is 0. The van der Waals surface area contributed by atoms with Crippen molar-refractivity contribution in [2.75, 3.05) is 47.1 Å². The van der Waals surface area contributed by atoms with Crippen molar-refractivity contribution in [3.8, 4) is 34.5 Å². The third-order valence-corrected chi connectivity index (χ3v) is 13.1. The second-order valence-corrected chi connectivity index (χ2v) is 19.3. The lowest BCUT2D eigenvalue weighted by atomic mass is 10.1. The molecule has 0 radical (unpaired) electrons. The predicted molar refractivity (Wildman–Crippen MR) is 311 cm³/mol. The van der Waals surface area contributed by atoms with Crippen molar-refractivity contribution in [3.05, 3.63) is 179 Å². The van der Waals surface area contributed by atoms with Crippen molar-refractivity contribution in [1.82, 2.24) is 9.80 Å². The van der Waals surface area contributed by atoms with Crippen LogP contribution in [0.5, 0.6) is 34.5 Å². The van der Waals surface area contributed by atoms with E-state index in [0.29, 0.717) is 110 Å². The van der Waals surface area contributed by atoms with Crippen LogP contribution in [-0.4, -0.2) is 92.1 Å². The minimum Gasteiger partial charge on any atom is -0.497 e. The van der Waals surface area contributed by atoms with Crippen molar-refractivity contribution >= 4 is 30.0 Å². The summed E-state index contributed by atoms with van der Waals surface area (Å²) in [5, 5.41) is 9.18. The predicted octanol–water partition coefficient (Wildman–Crippen LogP) is 13.6. The molecule has 6 aromatic rings. The van der Waals surface area contributed by atoms with E-state index in [2.05, 4.69) is 13.8 Å². The van der Waals surface area contributed by atoms with Crippen LogP contribution in [0.4, 0.5) is 0 Å². The van der Waals surface area contributed by atoms with E-state index >= 15 is 0 Å². The number of carbonyl (C=O) groups is 5. The van der Waals surface area contributed by atoms with Crippen molar-refractivity contribution in [1.29, 1.82) is 0 Å². The maximum Gasteiger partial charge on any atom is 0.343 e. The number of hydrogen-bond acceptors (Lipinski definition) is 12. The Balaban J connectivity index is 0.000000294. The van der Waals surface area contributed by atoms with Crippen LogP contribution in [-0.2, 0) is 17.9 Å². The summed E-state index contributed by atoms with van der Waals surface area (Å²) in [7, 11) is 3.16. The normalized spacial score (nSPS) is 10.6. The van der Waals surface area contributed by atoms with Crippen LogP contribution >= 0.6 is 0 Å². The summed E-state index contributed by atoms with van der Waals surface area (Å²) in [6, 6.07) is 42.2. The summed E-state index contributed by atoms with van der Waals surface area (Å²) in [6.07, 6.45) is 14.9. The van der Waals surface area contributed by atoms with E-state index in [1.807, 2.05) is 24.3 Å². The third kappa shape index (κ3) is 22.4. The van der Waals surface area contributed by atoms with Gasteiger partial charge in [0.2, 0.25) is 0 Å².